The molecule has 2 atom stereocenters. The number of fused-ring (bicyclic) bond motifs is 3. The molecule has 37 heavy (non-hydrogen) atoms. The van der Waals surface area contributed by atoms with Crippen LogP contribution >= 0.6 is 0 Å². The number of ether oxygens (including phenoxy) is 1. The highest BCUT2D eigenvalue weighted by Gasteiger charge is 2.44. The molecule has 6 rings (SSSR count). The highest BCUT2D eigenvalue weighted by Crippen LogP contribution is 2.45. The summed E-state index contributed by atoms with van der Waals surface area (Å²) in [6.45, 7) is 4.40. The zero-order valence-electron chi connectivity index (χ0n) is 22.0. The van der Waals surface area contributed by atoms with E-state index in [1.807, 2.05) is 6.07 Å². The summed E-state index contributed by atoms with van der Waals surface area (Å²) in [5.74, 6) is 2.00. The van der Waals surface area contributed by atoms with Crippen molar-refractivity contribution in [2.24, 2.45) is 0 Å². The van der Waals surface area contributed by atoms with E-state index < -0.39 is 6.09 Å². The summed E-state index contributed by atoms with van der Waals surface area (Å²) in [5.41, 5.74) is 3.64. The fourth-order valence-corrected chi connectivity index (χ4v) is 7.55. The molecule has 2 bridgehead atoms. The number of aromatic nitrogens is 2. The maximum Gasteiger partial charge on any atom is 0.407 e. The molecule has 4 heterocycles. The Balaban J connectivity index is 1.21. The van der Waals surface area contributed by atoms with E-state index in [0.717, 1.165) is 42.9 Å². The number of hydrogen-bond donors (Lipinski definition) is 1. The molecule has 2 unspecified atom stereocenters. The minimum atomic E-state index is -0.804. The predicted molar refractivity (Wildman–Crippen MR) is 144 cm³/mol. The van der Waals surface area contributed by atoms with Gasteiger partial charge in [0.2, 0.25) is 0 Å². The van der Waals surface area contributed by atoms with E-state index in [1.165, 1.54) is 36.8 Å². The molecule has 1 amide bonds. The number of piperidine rings is 2. The number of likely N-dealkylation sites (tertiary alicyclic amines) is 1. The largest absolute Gasteiger partial charge is 0.497 e. The van der Waals surface area contributed by atoms with Crippen molar-refractivity contribution < 1.29 is 14.6 Å². The van der Waals surface area contributed by atoms with Crippen molar-refractivity contribution in [1.82, 2.24) is 19.4 Å². The van der Waals surface area contributed by atoms with Crippen molar-refractivity contribution in [3.05, 3.63) is 59.9 Å². The number of hydrogen-bond acceptors (Lipinski definition) is 4. The van der Waals surface area contributed by atoms with Gasteiger partial charge in [-0.15, -0.1) is 0 Å². The lowest BCUT2D eigenvalue weighted by Gasteiger charge is -2.45. The summed E-state index contributed by atoms with van der Waals surface area (Å²) in [5, 5.41) is 9.55. The van der Waals surface area contributed by atoms with Crippen LogP contribution in [-0.2, 0) is 5.41 Å². The van der Waals surface area contributed by atoms with Gasteiger partial charge in [0.1, 0.15) is 11.6 Å². The van der Waals surface area contributed by atoms with Gasteiger partial charge in [-0.1, -0.05) is 24.3 Å². The zero-order chi connectivity index (χ0) is 25.6. The van der Waals surface area contributed by atoms with Gasteiger partial charge >= 0.3 is 6.09 Å². The normalized spacial score (nSPS) is 25.5. The second-order valence-corrected chi connectivity index (χ2v) is 11.3. The first-order valence-corrected chi connectivity index (χ1v) is 13.8. The molecule has 7 nitrogen and oxygen atoms in total. The Labute approximate surface area is 219 Å². The van der Waals surface area contributed by atoms with Gasteiger partial charge in [0.25, 0.3) is 0 Å². The molecular formula is C30H38N4O3. The maximum absolute atomic E-state index is 11.6. The van der Waals surface area contributed by atoms with E-state index in [9.17, 15) is 9.90 Å². The van der Waals surface area contributed by atoms with Crippen LogP contribution in [0.25, 0.3) is 11.0 Å². The number of aryl methyl sites for hydroxylation is 1. The molecule has 7 heteroatoms. The third kappa shape index (κ3) is 4.37. The molecular weight excluding hydrogens is 464 g/mol. The second kappa shape index (κ2) is 9.67. The Hall–Kier alpha value is -3.06. The van der Waals surface area contributed by atoms with Crippen LogP contribution in [-0.4, -0.2) is 69.4 Å². The van der Waals surface area contributed by atoms with Gasteiger partial charge in [0.15, 0.2) is 0 Å². The molecule has 0 spiro atoms. The van der Waals surface area contributed by atoms with E-state index in [2.05, 4.69) is 58.9 Å². The summed E-state index contributed by atoms with van der Waals surface area (Å²) in [6.07, 6.45) is 6.86. The Morgan fingerprint density at radius 3 is 2.49 bits per heavy atom. The molecule has 196 valence electrons. The van der Waals surface area contributed by atoms with Crippen LogP contribution in [0, 0.1) is 6.92 Å². The molecule has 3 saturated heterocycles. The standard InChI is InChI=1S/C30H38N4O3/c1-21-31-27-8-3-4-9-28(27)34(21)25-19-23-10-11-24(20-25)33(23)17-14-30(12-15-32(16-13-30)29(35)36)22-6-5-7-26(18-22)37-2/h3-9,18,23-25H,10-17,19-20H2,1-2H3,(H,35,36). The summed E-state index contributed by atoms with van der Waals surface area (Å²) < 4.78 is 8.05. The van der Waals surface area contributed by atoms with Gasteiger partial charge in [0.05, 0.1) is 18.1 Å². The van der Waals surface area contributed by atoms with Crippen LogP contribution in [0.2, 0.25) is 0 Å². The molecule has 1 aromatic heterocycles. The summed E-state index contributed by atoms with van der Waals surface area (Å²) in [4.78, 5) is 20.8. The van der Waals surface area contributed by atoms with Crippen molar-refractivity contribution in [1.29, 1.82) is 0 Å². The van der Waals surface area contributed by atoms with Crippen LogP contribution < -0.4 is 4.74 Å². The van der Waals surface area contributed by atoms with Gasteiger partial charge in [-0.05, 0) is 88.2 Å². The van der Waals surface area contributed by atoms with Crippen LogP contribution in [0.1, 0.15) is 62.4 Å². The summed E-state index contributed by atoms with van der Waals surface area (Å²) >= 11 is 0. The molecule has 3 aromatic rings. The van der Waals surface area contributed by atoms with Crippen molar-refractivity contribution in [2.45, 2.75) is 75.4 Å². The van der Waals surface area contributed by atoms with Crippen molar-refractivity contribution in [3.63, 3.8) is 0 Å². The zero-order valence-corrected chi connectivity index (χ0v) is 22.0. The highest BCUT2D eigenvalue weighted by atomic mass is 16.5. The topological polar surface area (TPSA) is 70.8 Å². The van der Waals surface area contributed by atoms with Gasteiger partial charge in [-0.3, -0.25) is 4.90 Å². The number of methoxy groups -OCH3 is 1. The first-order chi connectivity index (χ1) is 18.0. The number of benzene rings is 2. The number of carbonyl (C=O) groups is 1. The van der Waals surface area contributed by atoms with Crippen LogP contribution in [0.5, 0.6) is 5.75 Å². The van der Waals surface area contributed by atoms with Crippen molar-refractivity contribution >= 4 is 17.1 Å². The van der Waals surface area contributed by atoms with E-state index >= 15 is 0 Å². The Kier molecular flexibility index (Phi) is 6.35. The minimum absolute atomic E-state index is 0.0199. The number of carboxylic acid groups (broad SMARTS) is 1. The molecule has 1 N–H and O–H groups in total. The molecule has 2 aromatic carbocycles. The van der Waals surface area contributed by atoms with Gasteiger partial charge in [-0.2, -0.15) is 0 Å². The van der Waals surface area contributed by atoms with E-state index in [0.29, 0.717) is 31.2 Å². The molecule has 0 radical (unpaired) electrons. The van der Waals surface area contributed by atoms with Gasteiger partial charge in [-0.25, -0.2) is 9.78 Å². The monoisotopic (exact) mass is 502 g/mol. The fourth-order valence-electron chi connectivity index (χ4n) is 7.55. The third-order valence-electron chi connectivity index (χ3n) is 9.52. The van der Waals surface area contributed by atoms with E-state index in [-0.39, 0.29) is 5.41 Å². The van der Waals surface area contributed by atoms with E-state index in [1.54, 1.807) is 12.0 Å². The maximum atomic E-state index is 11.6. The lowest BCUT2D eigenvalue weighted by molar-refractivity contribution is 0.0799. The predicted octanol–water partition coefficient (Wildman–Crippen LogP) is 5.62. The van der Waals surface area contributed by atoms with Gasteiger partial charge < -0.3 is 19.3 Å². The molecule has 3 fully saturated rings. The first-order valence-electron chi connectivity index (χ1n) is 13.8. The number of amides is 1. The molecule has 0 saturated carbocycles. The summed E-state index contributed by atoms with van der Waals surface area (Å²) in [7, 11) is 1.71. The highest BCUT2D eigenvalue weighted by molar-refractivity contribution is 5.76. The Bertz CT molecular complexity index is 1260. The fraction of sp³-hybridized carbons (Fsp3) is 0.533. The Morgan fingerprint density at radius 2 is 1.78 bits per heavy atom. The second-order valence-electron chi connectivity index (χ2n) is 11.3. The number of imidazole rings is 1. The number of para-hydroxylation sites is 2. The lowest BCUT2D eigenvalue weighted by atomic mass is 9.70. The number of rotatable bonds is 6. The third-order valence-corrected chi connectivity index (χ3v) is 9.52. The first kappa shape index (κ1) is 24.3. The molecule has 3 aliphatic heterocycles. The number of nitrogens with zero attached hydrogens (tertiary/aromatic N) is 4. The van der Waals surface area contributed by atoms with Crippen LogP contribution in [0.3, 0.4) is 0 Å². The Morgan fingerprint density at radius 1 is 1.05 bits per heavy atom. The quantitative estimate of drug-likeness (QED) is 0.474. The van der Waals surface area contributed by atoms with Crippen LogP contribution in [0.15, 0.2) is 48.5 Å². The SMILES string of the molecule is COc1cccc(C2(CCN3C4CCC3CC(n3c(C)nc5ccccc53)C4)CCN(C(=O)O)CC2)c1. The lowest BCUT2D eigenvalue weighted by Crippen LogP contribution is -2.48. The summed E-state index contributed by atoms with van der Waals surface area (Å²) in [6, 6.07) is 18.7. The van der Waals surface area contributed by atoms with Crippen molar-refractivity contribution in [2.75, 3.05) is 26.7 Å². The van der Waals surface area contributed by atoms with E-state index in [4.69, 9.17) is 9.72 Å². The van der Waals surface area contributed by atoms with Gasteiger partial charge in [0, 0.05) is 36.6 Å². The average molecular weight is 503 g/mol. The average Bonchev–Trinajstić information content (AvgIpc) is 3.38. The molecule has 3 aliphatic rings. The molecule has 0 aliphatic carbocycles. The minimum Gasteiger partial charge on any atom is -0.497 e. The smallest absolute Gasteiger partial charge is 0.407 e. The van der Waals surface area contributed by atoms with Crippen molar-refractivity contribution in [3.8, 4) is 5.75 Å². The van der Waals surface area contributed by atoms with Crippen LogP contribution in [0.4, 0.5) is 4.79 Å².